The van der Waals surface area contributed by atoms with Gasteiger partial charge in [-0.3, -0.25) is 4.99 Å². The number of aromatic nitrogens is 2. The monoisotopic (exact) mass is 427 g/mol. The Morgan fingerprint density at radius 1 is 1.22 bits per heavy atom. The average Bonchev–Trinajstić information content (AvgIpc) is 3.09. The van der Waals surface area contributed by atoms with Gasteiger partial charge < -0.3 is 19.8 Å². The highest BCUT2D eigenvalue weighted by Crippen LogP contribution is 2.17. The predicted molar refractivity (Wildman–Crippen MR) is 112 cm³/mol. The van der Waals surface area contributed by atoms with E-state index in [0.29, 0.717) is 25.7 Å². The van der Waals surface area contributed by atoms with Gasteiger partial charge in [0, 0.05) is 36.0 Å². The van der Waals surface area contributed by atoms with Gasteiger partial charge in [-0.2, -0.15) is 0 Å². The summed E-state index contributed by atoms with van der Waals surface area (Å²) >= 11 is 3.47. The van der Waals surface area contributed by atoms with E-state index >= 15 is 0 Å². The molecule has 3 rings (SSSR count). The highest BCUT2D eigenvalue weighted by Gasteiger charge is 2.06. The van der Waals surface area contributed by atoms with Crippen LogP contribution in [0.4, 0.5) is 0 Å². The number of nitrogens with one attached hydrogen (secondary N) is 2. The van der Waals surface area contributed by atoms with Crippen LogP contribution in [0.15, 0.2) is 70.9 Å². The second-order valence-corrected chi connectivity index (χ2v) is 6.75. The summed E-state index contributed by atoms with van der Waals surface area (Å²) in [5.74, 6) is 1.54. The Hall–Kier alpha value is -2.80. The van der Waals surface area contributed by atoms with E-state index < -0.39 is 0 Å². The maximum Gasteiger partial charge on any atom is 0.191 e. The molecule has 140 valence electrons. The average molecular weight is 428 g/mol. The van der Waals surface area contributed by atoms with E-state index in [1.165, 1.54) is 0 Å². The van der Waals surface area contributed by atoms with E-state index in [9.17, 15) is 0 Å². The minimum atomic E-state index is 0.480. The number of hydrogen-bond acceptors (Lipinski definition) is 3. The van der Waals surface area contributed by atoms with Crippen molar-refractivity contribution in [2.45, 2.75) is 13.1 Å². The Labute approximate surface area is 167 Å². The smallest absolute Gasteiger partial charge is 0.191 e. The Bertz CT molecular complexity index is 950. The van der Waals surface area contributed by atoms with E-state index in [2.05, 4.69) is 43.1 Å². The normalized spacial score (nSPS) is 11.4. The van der Waals surface area contributed by atoms with Gasteiger partial charge in [-0.15, -0.1) is 0 Å². The molecular formula is C20H22BrN5O. The lowest BCUT2D eigenvalue weighted by Gasteiger charge is -2.14. The first-order valence-corrected chi connectivity index (χ1v) is 9.38. The molecule has 1 aromatic carbocycles. The van der Waals surface area contributed by atoms with Gasteiger partial charge in [0.2, 0.25) is 0 Å². The summed E-state index contributed by atoms with van der Waals surface area (Å²) in [5, 5.41) is 6.60. The Kier molecular flexibility index (Phi) is 6.49. The predicted octanol–water partition coefficient (Wildman–Crippen LogP) is 3.53. The molecule has 27 heavy (non-hydrogen) atoms. The van der Waals surface area contributed by atoms with Crippen molar-refractivity contribution in [2.24, 2.45) is 4.99 Å². The standard InChI is InChI=1S/C20H22BrN5O/c1-3-10-27-18-7-5-4-6-15(18)11-23-20(22-2)24-12-17-14-26-13-16(21)8-9-19(26)25-17/h3-9,13-14H,1,10-12H2,2H3,(H2,22,23,24). The van der Waals surface area contributed by atoms with Crippen LogP contribution < -0.4 is 15.4 Å². The highest BCUT2D eigenvalue weighted by atomic mass is 79.9. The summed E-state index contributed by atoms with van der Waals surface area (Å²) in [6.45, 7) is 5.35. The van der Waals surface area contributed by atoms with Gasteiger partial charge in [-0.05, 0) is 34.1 Å². The molecule has 0 aliphatic carbocycles. The summed E-state index contributed by atoms with van der Waals surface area (Å²) in [5.41, 5.74) is 2.90. The molecule has 0 amide bonds. The molecule has 0 aliphatic rings. The number of rotatable bonds is 7. The van der Waals surface area contributed by atoms with E-state index in [-0.39, 0.29) is 0 Å². The first kappa shape index (κ1) is 19.0. The second kappa shape index (κ2) is 9.23. The fourth-order valence-electron chi connectivity index (χ4n) is 2.62. The van der Waals surface area contributed by atoms with Crippen molar-refractivity contribution in [2.75, 3.05) is 13.7 Å². The number of aliphatic imine (C=N–C) groups is 1. The molecule has 0 saturated carbocycles. The van der Waals surface area contributed by atoms with E-state index in [1.54, 1.807) is 13.1 Å². The number of pyridine rings is 1. The molecule has 2 heterocycles. The van der Waals surface area contributed by atoms with Crippen LogP contribution in [-0.4, -0.2) is 29.0 Å². The number of halogens is 1. The third-order valence-corrected chi connectivity index (χ3v) is 4.37. The van der Waals surface area contributed by atoms with Crippen molar-refractivity contribution in [3.8, 4) is 5.75 Å². The van der Waals surface area contributed by atoms with Crippen LogP contribution in [0, 0.1) is 0 Å². The molecule has 0 fully saturated rings. The van der Waals surface area contributed by atoms with Crippen molar-refractivity contribution in [3.63, 3.8) is 0 Å². The minimum Gasteiger partial charge on any atom is -0.489 e. The number of hydrogen-bond donors (Lipinski definition) is 2. The lowest BCUT2D eigenvalue weighted by molar-refractivity contribution is 0.358. The number of para-hydroxylation sites is 1. The van der Waals surface area contributed by atoms with E-state index in [0.717, 1.165) is 27.1 Å². The zero-order valence-corrected chi connectivity index (χ0v) is 16.7. The molecule has 6 nitrogen and oxygen atoms in total. The van der Waals surface area contributed by atoms with Crippen LogP contribution in [0.2, 0.25) is 0 Å². The van der Waals surface area contributed by atoms with Gasteiger partial charge >= 0.3 is 0 Å². The minimum absolute atomic E-state index is 0.480. The molecule has 0 aliphatic heterocycles. The van der Waals surface area contributed by atoms with Gasteiger partial charge in [0.25, 0.3) is 0 Å². The van der Waals surface area contributed by atoms with Gasteiger partial charge in [0.05, 0.1) is 12.2 Å². The van der Waals surface area contributed by atoms with Crippen molar-refractivity contribution in [1.82, 2.24) is 20.0 Å². The number of fused-ring (bicyclic) bond motifs is 1. The topological polar surface area (TPSA) is 63.0 Å². The molecule has 2 N–H and O–H groups in total. The largest absolute Gasteiger partial charge is 0.489 e. The number of benzene rings is 1. The number of ether oxygens (including phenoxy) is 1. The van der Waals surface area contributed by atoms with Crippen molar-refractivity contribution >= 4 is 27.5 Å². The van der Waals surface area contributed by atoms with E-state index in [4.69, 9.17) is 4.74 Å². The van der Waals surface area contributed by atoms with Gasteiger partial charge in [0.1, 0.15) is 18.0 Å². The summed E-state index contributed by atoms with van der Waals surface area (Å²) in [6.07, 6.45) is 5.72. The number of nitrogens with zero attached hydrogens (tertiary/aromatic N) is 3. The first-order chi connectivity index (χ1) is 13.2. The number of guanidine groups is 1. The van der Waals surface area contributed by atoms with Crippen LogP contribution in [0.3, 0.4) is 0 Å². The van der Waals surface area contributed by atoms with Crippen LogP contribution in [-0.2, 0) is 13.1 Å². The third-order valence-electron chi connectivity index (χ3n) is 3.90. The maximum atomic E-state index is 5.69. The van der Waals surface area contributed by atoms with Crippen LogP contribution in [0.5, 0.6) is 5.75 Å². The quantitative estimate of drug-likeness (QED) is 0.344. The molecular weight excluding hydrogens is 406 g/mol. The van der Waals surface area contributed by atoms with Crippen LogP contribution in [0.25, 0.3) is 5.65 Å². The SMILES string of the molecule is C=CCOc1ccccc1CNC(=NC)NCc1cn2cc(Br)ccc2n1. The zero-order chi connectivity index (χ0) is 19.1. The van der Waals surface area contributed by atoms with Crippen molar-refractivity contribution in [1.29, 1.82) is 0 Å². The Morgan fingerprint density at radius 3 is 2.85 bits per heavy atom. The van der Waals surface area contributed by atoms with Crippen molar-refractivity contribution < 1.29 is 4.74 Å². The molecule has 0 bridgehead atoms. The molecule has 0 unspecified atom stereocenters. The van der Waals surface area contributed by atoms with Gasteiger partial charge in [-0.25, -0.2) is 4.98 Å². The fourth-order valence-corrected chi connectivity index (χ4v) is 2.97. The highest BCUT2D eigenvalue weighted by molar-refractivity contribution is 9.10. The third kappa shape index (κ3) is 5.10. The molecule has 0 spiro atoms. The van der Waals surface area contributed by atoms with Gasteiger partial charge in [0.15, 0.2) is 5.96 Å². The fraction of sp³-hybridized carbons (Fsp3) is 0.200. The summed E-state index contributed by atoms with van der Waals surface area (Å²) < 4.78 is 8.70. The molecule has 7 heteroatoms. The molecule has 0 radical (unpaired) electrons. The maximum absolute atomic E-state index is 5.69. The zero-order valence-electron chi connectivity index (χ0n) is 15.2. The summed E-state index contributed by atoms with van der Waals surface area (Å²) in [4.78, 5) is 8.87. The molecule has 3 aromatic rings. The Balaban J connectivity index is 1.59. The van der Waals surface area contributed by atoms with Gasteiger partial charge in [-0.1, -0.05) is 30.9 Å². The Morgan fingerprint density at radius 2 is 2.04 bits per heavy atom. The molecule has 0 saturated heterocycles. The number of imidazole rings is 1. The van der Waals surface area contributed by atoms with Crippen LogP contribution >= 0.6 is 15.9 Å². The lowest BCUT2D eigenvalue weighted by atomic mass is 10.2. The molecule has 2 aromatic heterocycles. The van der Waals surface area contributed by atoms with Crippen molar-refractivity contribution in [3.05, 3.63) is 77.2 Å². The lowest BCUT2D eigenvalue weighted by Crippen LogP contribution is -2.36. The first-order valence-electron chi connectivity index (χ1n) is 8.59. The van der Waals surface area contributed by atoms with E-state index in [1.807, 2.05) is 53.2 Å². The van der Waals surface area contributed by atoms with Crippen LogP contribution in [0.1, 0.15) is 11.3 Å². The summed E-state index contributed by atoms with van der Waals surface area (Å²) in [6, 6.07) is 11.9. The summed E-state index contributed by atoms with van der Waals surface area (Å²) in [7, 11) is 1.75. The molecule has 0 atom stereocenters. The second-order valence-electron chi connectivity index (χ2n) is 5.83.